The second kappa shape index (κ2) is 8.66. The van der Waals surface area contributed by atoms with Crippen LogP contribution in [0.5, 0.6) is 5.75 Å². The van der Waals surface area contributed by atoms with E-state index in [4.69, 9.17) is 10.1 Å². The van der Waals surface area contributed by atoms with E-state index in [0.717, 1.165) is 12.0 Å². The molecule has 164 valence electrons. The third kappa shape index (κ3) is 3.75. The molecule has 0 aliphatic carbocycles. The van der Waals surface area contributed by atoms with Crippen LogP contribution < -0.4 is 21.1 Å². The topological polar surface area (TPSA) is 101 Å². The number of carbonyl (C=O) groups is 1. The number of ether oxygens (including phenoxy) is 1. The number of aromatic nitrogens is 3. The average molecular weight is 431 g/mol. The van der Waals surface area contributed by atoms with E-state index in [-0.39, 0.29) is 16.6 Å². The van der Waals surface area contributed by atoms with Crippen LogP contribution in [-0.2, 0) is 6.54 Å². The van der Waals surface area contributed by atoms with Crippen LogP contribution in [0.15, 0.2) is 53.5 Å². The zero-order valence-corrected chi connectivity index (χ0v) is 18.3. The Balaban J connectivity index is 1.86. The van der Waals surface area contributed by atoms with Gasteiger partial charge in [0, 0.05) is 18.4 Å². The van der Waals surface area contributed by atoms with Crippen LogP contribution in [0, 0.1) is 12.3 Å². The van der Waals surface area contributed by atoms with E-state index in [0.29, 0.717) is 41.3 Å². The molecule has 0 saturated carbocycles. The third-order valence-electron chi connectivity index (χ3n) is 5.25. The number of anilines is 1. The van der Waals surface area contributed by atoms with Crippen molar-refractivity contribution in [3.63, 3.8) is 0 Å². The Morgan fingerprint density at radius 2 is 1.91 bits per heavy atom. The van der Waals surface area contributed by atoms with Gasteiger partial charge in [0.2, 0.25) is 0 Å². The third-order valence-corrected chi connectivity index (χ3v) is 5.25. The molecule has 1 amide bonds. The van der Waals surface area contributed by atoms with Crippen molar-refractivity contribution in [2.24, 2.45) is 0 Å². The van der Waals surface area contributed by atoms with Gasteiger partial charge in [0.1, 0.15) is 22.5 Å². The molecule has 8 nitrogen and oxygen atoms in total. The fraction of sp³-hybridized carbons (Fsp3) is 0.250. The van der Waals surface area contributed by atoms with Crippen LogP contribution in [0.3, 0.4) is 0 Å². The van der Waals surface area contributed by atoms with Gasteiger partial charge >= 0.3 is 0 Å². The summed E-state index contributed by atoms with van der Waals surface area (Å²) in [5.74, 6) is 0.249. The fourth-order valence-corrected chi connectivity index (χ4v) is 3.71. The van der Waals surface area contributed by atoms with Crippen molar-refractivity contribution in [1.82, 2.24) is 14.0 Å². The molecular weight excluding hydrogens is 406 g/mol. The van der Waals surface area contributed by atoms with Gasteiger partial charge in [0.05, 0.1) is 17.6 Å². The largest absolute Gasteiger partial charge is 0.494 e. The zero-order chi connectivity index (χ0) is 22.8. The lowest BCUT2D eigenvalue weighted by molar-refractivity contribution is 0.102. The van der Waals surface area contributed by atoms with Gasteiger partial charge in [0.25, 0.3) is 11.5 Å². The summed E-state index contributed by atoms with van der Waals surface area (Å²) in [5, 5.41) is 11.8. The van der Waals surface area contributed by atoms with Crippen molar-refractivity contribution in [1.29, 1.82) is 5.41 Å². The van der Waals surface area contributed by atoms with Crippen LogP contribution in [0.4, 0.5) is 5.69 Å². The predicted octanol–water partition coefficient (Wildman–Crippen LogP) is 3.50. The normalized spacial score (nSPS) is 11.1. The number of nitrogens with zero attached hydrogens (tertiary/aromatic N) is 3. The minimum atomic E-state index is -0.459. The lowest BCUT2D eigenvalue weighted by Gasteiger charge is -2.15. The van der Waals surface area contributed by atoms with Crippen molar-refractivity contribution < 1.29 is 9.53 Å². The van der Waals surface area contributed by atoms with E-state index in [1.165, 1.54) is 10.5 Å². The van der Waals surface area contributed by atoms with Crippen LogP contribution >= 0.6 is 0 Å². The molecule has 3 heterocycles. The molecule has 2 N–H and O–H groups in total. The Kier molecular flexibility index (Phi) is 5.77. The molecule has 4 aromatic rings. The van der Waals surface area contributed by atoms with E-state index in [1.54, 1.807) is 41.1 Å². The lowest BCUT2D eigenvalue weighted by atomic mass is 10.1. The summed E-state index contributed by atoms with van der Waals surface area (Å²) in [5.41, 5.74) is 2.25. The van der Waals surface area contributed by atoms with E-state index < -0.39 is 5.91 Å². The molecule has 0 aliphatic rings. The minimum Gasteiger partial charge on any atom is -0.494 e. The van der Waals surface area contributed by atoms with Crippen molar-refractivity contribution in [3.8, 4) is 5.75 Å². The summed E-state index contributed by atoms with van der Waals surface area (Å²) in [6.07, 6.45) is 2.39. The van der Waals surface area contributed by atoms with E-state index in [1.807, 2.05) is 26.8 Å². The second-order valence-electron chi connectivity index (χ2n) is 7.51. The molecule has 3 aromatic heterocycles. The Hall–Kier alpha value is -3.94. The lowest BCUT2D eigenvalue weighted by Crippen LogP contribution is -2.32. The molecule has 0 saturated heterocycles. The quantitative estimate of drug-likeness (QED) is 0.456. The number of rotatable bonds is 6. The highest BCUT2D eigenvalue weighted by Gasteiger charge is 2.18. The molecule has 4 rings (SSSR count). The molecule has 0 fully saturated rings. The maximum atomic E-state index is 13.2. The first kappa shape index (κ1) is 21.3. The highest BCUT2D eigenvalue weighted by molar-refractivity contribution is 6.05. The smallest absolute Gasteiger partial charge is 0.267 e. The summed E-state index contributed by atoms with van der Waals surface area (Å²) in [6.45, 7) is 6.79. The fourth-order valence-electron chi connectivity index (χ4n) is 3.71. The Morgan fingerprint density at radius 3 is 2.59 bits per heavy atom. The Labute approximate surface area is 184 Å². The van der Waals surface area contributed by atoms with Crippen molar-refractivity contribution in [3.05, 3.63) is 75.6 Å². The van der Waals surface area contributed by atoms with E-state index >= 15 is 0 Å². The van der Waals surface area contributed by atoms with Crippen LogP contribution in [0.25, 0.3) is 16.7 Å². The van der Waals surface area contributed by atoms with Gasteiger partial charge < -0.3 is 14.6 Å². The molecule has 8 heteroatoms. The maximum absolute atomic E-state index is 13.2. The standard InChI is InChI=1S/C24H25N5O3/c1-4-12-28-20(25)18(23(30)26-16-8-10-17(11-9-16)32-5-2)14-19-22(28)27-21-15(3)7-6-13-29(21)24(19)31/h6-11,13-14,25H,4-5,12H2,1-3H3,(H,26,30). The molecule has 0 aliphatic heterocycles. The van der Waals surface area contributed by atoms with Crippen LogP contribution in [0.1, 0.15) is 36.2 Å². The number of hydrogen-bond donors (Lipinski definition) is 2. The molecule has 0 radical (unpaired) electrons. The first-order valence-corrected chi connectivity index (χ1v) is 10.6. The van der Waals surface area contributed by atoms with Crippen molar-refractivity contribution in [2.45, 2.75) is 33.7 Å². The number of hydrogen-bond acceptors (Lipinski definition) is 5. The second-order valence-corrected chi connectivity index (χ2v) is 7.51. The van der Waals surface area contributed by atoms with Gasteiger partial charge in [-0.15, -0.1) is 0 Å². The SMILES string of the molecule is CCCn1c(=N)c(C(=O)Nc2ccc(OCC)cc2)cc2c(=O)n3cccc(C)c3nc21. The predicted molar refractivity (Wildman–Crippen MR) is 123 cm³/mol. The van der Waals surface area contributed by atoms with Crippen LogP contribution in [0.2, 0.25) is 0 Å². The summed E-state index contributed by atoms with van der Waals surface area (Å²) in [4.78, 5) is 31.0. The summed E-state index contributed by atoms with van der Waals surface area (Å²) in [7, 11) is 0. The number of benzene rings is 1. The van der Waals surface area contributed by atoms with E-state index in [9.17, 15) is 9.59 Å². The molecule has 0 spiro atoms. The van der Waals surface area contributed by atoms with Gasteiger partial charge in [-0.25, -0.2) is 4.98 Å². The molecule has 0 bridgehead atoms. The number of amides is 1. The highest BCUT2D eigenvalue weighted by atomic mass is 16.5. The molecule has 0 unspecified atom stereocenters. The van der Waals surface area contributed by atoms with E-state index in [2.05, 4.69) is 10.3 Å². The summed E-state index contributed by atoms with van der Waals surface area (Å²) >= 11 is 0. The van der Waals surface area contributed by atoms with Gasteiger partial charge in [0.15, 0.2) is 0 Å². The number of aryl methyl sites for hydroxylation is 2. The van der Waals surface area contributed by atoms with Crippen molar-refractivity contribution in [2.75, 3.05) is 11.9 Å². The van der Waals surface area contributed by atoms with Gasteiger partial charge in [-0.2, -0.15) is 0 Å². The first-order chi connectivity index (χ1) is 15.4. The molecule has 0 atom stereocenters. The Morgan fingerprint density at radius 1 is 1.16 bits per heavy atom. The monoisotopic (exact) mass is 431 g/mol. The number of nitrogens with one attached hydrogen (secondary N) is 2. The number of carbonyl (C=O) groups excluding carboxylic acids is 1. The minimum absolute atomic E-state index is 0.0209. The molecular formula is C24H25N5O3. The summed E-state index contributed by atoms with van der Waals surface area (Å²) < 4.78 is 8.54. The highest BCUT2D eigenvalue weighted by Crippen LogP contribution is 2.17. The first-order valence-electron chi connectivity index (χ1n) is 10.6. The summed E-state index contributed by atoms with van der Waals surface area (Å²) in [6, 6.07) is 12.2. The van der Waals surface area contributed by atoms with Crippen molar-refractivity contribution >= 4 is 28.3 Å². The molecule has 32 heavy (non-hydrogen) atoms. The molecule has 1 aromatic carbocycles. The Bertz CT molecular complexity index is 1440. The number of pyridine rings is 2. The average Bonchev–Trinajstić information content (AvgIpc) is 2.78. The van der Waals surface area contributed by atoms with Crippen LogP contribution in [-0.4, -0.2) is 26.5 Å². The van der Waals surface area contributed by atoms with Gasteiger partial charge in [-0.3, -0.25) is 19.4 Å². The maximum Gasteiger partial charge on any atom is 0.267 e. The zero-order valence-electron chi connectivity index (χ0n) is 18.3. The van der Waals surface area contributed by atoms with Gasteiger partial charge in [-0.05, 0) is 62.2 Å². The van der Waals surface area contributed by atoms with Gasteiger partial charge in [-0.1, -0.05) is 13.0 Å². The number of fused-ring (bicyclic) bond motifs is 2.